The molecule has 0 radical (unpaired) electrons. The summed E-state index contributed by atoms with van der Waals surface area (Å²) in [7, 11) is 5.83. The molecule has 2 heterocycles. The molecule has 3 rings (SSSR count). The van der Waals surface area contributed by atoms with Gasteiger partial charge in [0.05, 0.1) is 12.0 Å². The topological polar surface area (TPSA) is 128 Å². The SMILES string of the molecule is CN(C)CC1CC2(CCN(C(=O)CN(C)Cc3ccc(F)cc3)CC2)C(=O)O1.O=CO.O=CO. The summed E-state index contributed by atoms with van der Waals surface area (Å²) in [5, 5.41) is 13.8. The number of likely N-dealkylation sites (tertiary alicyclic amines) is 1. The van der Waals surface area contributed by atoms with E-state index >= 15 is 0 Å². The largest absolute Gasteiger partial charge is 0.483 e. The van der Waals surface area contributed by atoms with Gasteiger partial charge in [-0.25, -0.2) is 4.39 Å². The van der Waals surface area contributed by atoms with Crippen molar-refractivity contribution in [2.45, 2.75) is 31.9 Å². The summed E-state index contributed by atoms with van der Waals surface area (Å²) in [4.78, 5) is 47.6. The third-order valence-corrected chi connectivity index (χ3v) is 5.74. The van der Waals surface area contributed by atoms with Crippen LogP contribution in [0.4, 0.5) is 4.39 Å². The van der Waals surface area contributed by atoms with E-state index < -0.39 is 5.41 Å². The number of carbonyl (C=O) groups is 4. The fourth-order valence-corrected chi connectivity index (χ4v) is 4.23. The van der Waals surface area contributed by atoms with Crippen molar-refractivity contribution >= 4 is 24.8 Å². The van der Waals surface area contributed by atoms with E-state index in [1.165, 1.54) is 12.1 Å². The first-order valence-corrected chi connectivity index (χ1v) is 10.8. The monoisotopic (exact) mass is 483 g/mol. The fourth-order valence-electron chi connectivity index (χ4n) is 4.23. The molecule has 0 aromatic heterocycles. The highest BCUT2D eigenvalue weighted by Crippen LogP contribution is 2.43. The molecule has 0 saturated carbocycles. The van der Waals surface area contributed by atoms with Gasteiger partial charge in [0.1, 0.15) is 11.9 Å². The molecule has 2 N–H and O–H groups in total. The number of benzene rings is 1. The van der Waals surface area contributed by atoms with Crippen LogP contribution < -0.4 is 0 Å². The second-order valence-corrected chi connectivity index (χ2v) is 8.66. The van der Waals surface area contributed by atoms with Crippen LogP contribution in [0, 0.1) is 11.2 Å². The third kappa shape index (κ3) is 9.06. The summed E-state index contributed by atoms with van der Waals surface area (Å²) in [5.74, 6) is -0.293. The van der Waals surface area contributed by atoms with Crippen molar-refractivity contribution < 1.29 is 38.5 Å². The van der Waals surface area contributed by atoms with E-state index in [9.17, 15) is 14.0 Å². The lowest BCUT2D eigenvalue weighted by molar-refractivity contribution is -0.152. The maximum atomic E-state index is 13.0. The highest BCUT2D eigenvalue weighted by atomic mass is 19.1. The second-order valence-electron chi connectivity index (χ2n) is 8.66. The molecule has 0 aliphatic carbocycles. The van der Waals surface area contributed by atoms with Gasteiger partial charge in [-0.2, -0.15) is 0 Å². The van der Waals surface area contributed by atoms with Crippen molar-refractivity contribution in [3.8, 4) is 0 Å². The van der Waals surface area contributed by atoms with Crippen LogP contribution in [-0.2, 0) is 30.5 Å². The molecule has 2 fully saturated rings. The van der Waals surface area contributed by atoms with Crippen LogP contribution in [0.15, 0.2) is 24.3 Å². The van der Waals surface area contributed by atoms with E-state index in [-0.39, 0.29) is 36.7 Å². The Morgan fingerprint density at radius 1 is 1.15 bits per heavy atom. The summed E-state index contributed by atoms with van der Waals surface area (Å²) in [6, 6.07) is 6.33. The minimum Gasteiger partial charge on any atom is -0.483 e. The average Bonchev–Trinajstić information content (AvgIpc) is 3.04. The van der Waals surface area contributed by atoms with Crippen molar-refractivity contribution in [1.29, 1.82) is 0 Å². The Bertz CT molecular complexity index is 790. The van der Waals surface area contributed by atoms with Crippen LogP contribution in [0.1, 0.15) is 24.8 Å². The molecular formula is C23H34FN3O7. The molecule has 190 valence electrons. The highest BCUT2D eigenvalue weighted by Gasteiger charge is 2.50. The predicted octanol–water partition coefficient (Wildman–Crippen LogP) is 1.15. The van der Waals surface area contributed by atoms with Gasteiger partial charge >= 0.3 is 5.97 Å². The second kappa shape index (κ2) is 14.3. The number of nitrogens with zero attached hydrogens (tertiary/aromatic N) is 3. The summed E-state index contributed by atoms with van der Waals surface area (Å²) in [6.45, 7) is 2.31. The van der Waals surface area contributed by atoms with E-state index in [1.807, 2.05) is 35.8 Å². The zero-order valence-corrected chi connectivity index (χ0v) is 19.9. The number of hydrogen-bond acceptors (Lipinski definition) is 7. The minimum absolute atomic E-state index is 0.0494. The molecule has 1 aromatic rings. The molecule has 1 atom stereocenters. The van der Waals surface area contributed by atoms with Crippen molar-refractivity contribution in [3.05, 3.63) is 35.6 Å². The Morgan fingerprint density at radius 3 is 2.18 bits per heavy atom. The van der Waals surface area contributed by atoms with Crippen molar-refractivity contribution in [1.82, 2.24) is 14.7 Å². The first-order valence-electron chi connectivity index (χ1n) is 10.8. The molecule has 11 heteroatoms. The fraction of sp³-hybridized carbons (Fsp3) is 0.565. The van der Waals surface area contributed by atoms with Crippen LogP contribution in [-0.4, -0.2) is 103 Å². The van der Waals surface area contributed by atoms with E-state index in [2.05, 4.69) is 0 Å². The number of cyclic esters (lactones) is 1. The minimum atomic E-state index is -0.419. The molecule has 2 aliphatic heterocycles. The number of hydrogen-bond donors (Lipinski definition) is 2. The Balaban J connectivity index is 0.000000872. The van der Waals surface area contributed by atoms with Crippen LogP contribution >= 0.6 is 0 Å². The Labute approximate surface area is 198 Å². The number of amides is 1. The maximum Gasteiger partial charge on any atom is 0.312 e. The molecule has 1 aromatic carbocycles. The quantitative estimate of drug-likeness (QED) is 0.452. The Kier molecular flexibility index (Phi) is 12.2. The lowest BCUT2D eigenvalue weighted by atomic mass is 9.76. The lowest BCUT2D eigenvalue weighted by Gasteiger charge is -2.37. The maximum absolute atomic E-state index is 13.0. The molecule has 1 spiro atoms. The van der Waals surface area contributed by atoms with Gasteiger partial charge in [0.15, 0.2) is 0 Å². The van der Waals surface area contributed by atoms with Crippen molar-refractivity contribution in [2.24, 2.45) is 5.41 Å². The molecule has 1 amide bonds. The first kappa shape index (κ1) is 29.0. The number of carbonyl (C=O) groups excluding carboxylic acids is 2. The van der Waals surface area contributed by atoms with Crippen LogP contribution in [0.5, 0.6) is 0 Å². The van der Waals surface area contributed by atoms with E-state index in [0.717, 1.165) is 18.5 Å². The van der Waals surface area contributed by atoms with E-state index in [4.69, 9.17) is 24.5 Å². The average molecular weight is 484 g/mol. The number of esters is 1. The van der Waals surface area contributed by atoms with Gasteiger partial charge in [0.25, 0.3) is 12.9 Å². The summed E-state index contributed by atoms with van der Waals surface area (Å²) in [5.41, 5.74) is 0.548. The zero-order chi connectivity index (χ0) is 25.7. The molecule has 2 aliphatic rings. The Morgan fingerprint density at radius 2 is 1.68 bits per heavy atom. The third-order valence-electron chi connectivity index (χ3n) is 5.74. The standard InChI is InChI=1S/C21H30FN3O3.2CH2O2/c1-23(2)14-18-12-21(20(27)28-18)8-10-25(11-9-21)19(26)15-24(3)13-16-4-6-17(22)7-5-16;2*2-1-3/h4-7,18H,8-15H2,1-3H3;2*1H,(H,2,3). The van der Waals surface area contributed by atoms with Crippen molar-refractivity contribution in [3.63, 3.8) is 0 Å². The molecule has 34 heavy (non-hydrogen) atoms. The van der Waals surface area contributed by atoms with Gasteiger partial charge in [0.2, 0.25) is 5.91 Å². The van der Waals surface area contributed by atoms with Crippen LogP contribution in [0.3, 0.4) is 0 Å². The number of ether oxygens (including phenoxy) is 1. The molecule has 1 unspecified atom stereocenters. The molecule has 2 saturated heterocycles. The predicted molar refractivity (Wildman–Crippen MR) is 121 cm³/mol. The normalized spacial score (nSPS) is 18.5. The summed E-state index contributed by atoms with van der Waals surface area (Å²) in [6.07, 6.45) is 2.04. The summed E-state index contributed by atoms with van der Waals surface area (Å²) >= 11 is 0. The molecular weight excluding hydrogens is 449 g/mol. The van der Waals surface area contributed by atoms with Crippen molar-refractivity contribution in [2.75, 3.05) is 47.3 Å². The van der Waals surface area contributed by atoms with Crippen LogP contribution in [0.25, 0.3) is 0 Å². The van der Waals surface area contributed by atoms with Gasteiger partial charge in [0, 0.05) is 32.6 Å². The van der Waals surface area contributed by atoms with Crippen LogP contribution in [0.2, 0.25) is 0 Å². The van der Waals surface area contributed by atoms with Gasteiger partial charge in [-0.15, -0.1) is 0 Å². The zero-order valence-electron chi connectivity index (χ0n) is 19.9. The highest BCUT2D eigenvalue weighted by molar-refractivity contribution is 5.81. The molecule has 10 nitrogen and oxygen atoms in total. The lowest BCUT2D eigenvalue weighted by Crippen LogP contribution is -2.47. The van der Waals surface area contributed by atoms with E-state index in [1.54, 1.807) is 12.1 Å². The van der Waals surface area contributed by atoms with Gasteiger partial charge in [-0.3, -0.25) is 24.1 Å². The number of rotatable bonds is 6. The number of carboxylic acid groups (broad SMARTS) is 2. The van der Waals surface area contributed by atoms with Gasteiger partial charge < -0.3 is 24.7 Å². The first-order chi connectivity index (χ1) is 16.1. The Hall–Kier alpha value is -3.05. The molecule has 0 bridgehead atoms. The summed E-state index contributed by atoms with van der Waals surface area (Å²) < 4.78 is 18.6. The van der Waals surface area contributed by atoms with Gasteiger partial charge in [-0.1, -0.05) is 12.1 Å². The van der Waals surface area contributed by atoms with E-state index in [0.29, 0.717) is 39.0 Å². The van der Waals surface area contributed by atoms with Gasteiger partial charge in [-0.05, 0) is 51.7 Å². The number of halogens is 1. The number of piperidine rings is 1. The number of likely N-dealkylation sites (N-methyl/N-ethyl adjacent to an activating group) is 2. The smallest absolute Gasteiger partial charge is 0.312 e.